The standard InChI is InChI=1S/C15H18N4/c1-2-7-16-14(6-1)11-13-5-3-10-19(12-13)15-17-8-4-9-18-15/h1-2,4,6-9,13H,3,5,10-12H2/t13-/m0/s1. The highest BCUT2D eigenvalue weighted by molar-refractivity contribution is 5.29. The first-order valence-electron chi connectivity index (χ1n) is 6.84. The molecule has 2 aromatic heterocycles. The van der Waals surface area contributed by atoms with E-state index in [0.29, 0.717) is 5.92 Å². The van der Waals surface area contributed by atoms with E-state index in [0.717, 1.165) is 25.5 Å². The summed E-state index contributed by atoms with van der Waals surface area (Å²) >= 11 is 0. The molecule has 0 bridgehead atoms. The highest BCUT2D eigenvalue weighted by Crippen LogP contribution is 2.22. The minimum atomic E-state index is 0.646. The topological polar surface area (TPSA) is 41.9 Å². The quantitative estimate of drug-likeness (QED) is 0.843. The fraction of sp³-hybridized carbons (Fsp3) is 0.400. The number of pyridine rings is 1. The Hall–Kier alpha value is -1.97. The smallest absolute Gasteiger partial charge is 0.225 e. The molecule has 19 heavy (non-hydrogen) atoms. The Morgan fingerprint density at radius 2 is 1.89 bits per heavy atom. The lowest BCUT2D eigenvalue weighted by atomic mass is 9.93. The fourth-order valence-corrected chi connectivity index (χ4v) is 2.68. The lowest BCUT2D eigenvalue weighted by molar-refractivity contribution is 0.406. The summed E-state index contributed by atoms with van der Waals surface area (Å²) < 4.78 is 0. The second-order valence-corrected chi connectivity index (χ2v) is 5.03. The van der Waals surface area contributed by atoms with E-state index in [-0.39, 0.29) is 0 Å². The van der Waals surface area contributed by atoms with Gasteiger partial charge in [-0.05, 0) is 43.4 Å². The van der Waals surface area contributed by atoms with Gasteiger partial charge in [-0.3, -0.25) is 4.98 Å². The molecular formula is C15H18N4. The summed E-state index contributed by atoms with van der Waals surface area (Å²) in [5.74, 6) is 1.50. The van der Waals surface area contributed by atoms with Crippen LogP contribution in [0.4, 0.5) is 5.95 Å². The van der Waals surface area contributed by atoms with E-state index in [4.69, 9.17) is 0 Å². The zero-order chi connectivity index (χ0) is 12.9. The van der Waals surface area contributed by atoms with E-state index in [9.17, 15) is 0 Å². The van der Waals surface area contributed by atoms with Crippen LogP contribution < -0.4 is 4.90 Å². The molecule has 0 radical (unpaired) electrons. The first-order chi connectivity index (χ1) is 9.42. The molecule has 1 atom stereocenters. The van der Waals surface area contributed by atoms with Gasteiger partial charge in [-0.15, -0.1) is 0 Å². The van der Waals surface area contributed by atoms with Crippen LogP contribution in [0, 0.1) is 5.92 Å². The molecule has 3 rings (SSSR count). The fourth-order valence-electron chi connectivity index (χ4n) is 2.68. The van der Waals surface area contributed by atoms with Crippen LogP contribution in [0.25, 0.3) is 0 Å². The molecule has 0 aromatic carbocycles. The summed E-state index contributed by atoms with van der Waals surface area (Å²) in [6.45, 7) is 2.09. The minimum Gasteiger partial charge on any atom is -0.341 e. The molecule has 1 aliphatic heterocycles. The van der Waals surface area contributed by atoms with Gasteiger partial charge >= 0.3 is 0 Å². The Morgan fingerprint density at radius 3 is 2.68 bits per heavy atom. The summed E-state index contributed by atoms with van der Waals surface area (Å²) in [4.78, 5) is 15.4. The third kappa shape index (κ3) is 3.08. The number of rotatable bonds is 3. The number of piperidine rings is 1. The van der Waals surface area contributed by atoms with E-state index in [1.807, 2.05) is 30.7 Å². The van der Waals surface area contributed by atoms with Crippen LogP contribution in [0.15, 0.2) is 42.9 Å². The summed E-state index contributed by atoms with van der Waals surface area (Å²) in [5.41, 5.74) is 1.18. The highest BCUT2D eigenvalue weighted by Gasteiger charge is 2.21. The zero-order valence-electron chi connectivity index (χ0n) is 10.9. The molecule has 0 unspecified atom stereocenters. The molecule has 2 aromatic rings. The SMILES string of the molecule is c1ccc(C[C@@H]2CCCN(c3ncccn3)C2)nc1. The number of anilines is 1. The van der Waals surface area contributed by atoms with Gasteiger partial charge in [0.15, 0.2) is 0 Å². The average Bonchev–Trinajstić information content (AvgIpc) is 2.49. The molecule has 1 aliphatic rings. The molecule has 4 nitrogen and oxygen atoms in total. The van der Waals surface area contributed by atoms with Gasteiger partial charge in [-0.1, -0.05) is 6.07 Å². The summed E-state index contributed by atoms with van der Waals surface area (Å²) in [5, 5.41) is 0. The molecule has 1 saturated heterocycles. The van der Waals surface area contributed by atoms with E-state index < -0.39 is 0 Å². The van der Waals surface area contributed by atoms with Crippen molar-refractivity contribution in [1.82, 2.24) is 15.0 Å². The third-order valence-corrected chi connectivity index (χ3v) is 3.58. The Bertz CT molecular complexity index is 500. The van der Waals surface area contributed by atoms with Crippen LogP contribution in [0.1, 0.15) is 18.5 Å². The Labute approximate surface area is 113 Å². The van der Waals surface area contributed by atoms with Gasteiger partial charge in [-0.2, -0.15) is 0 Å². The van der Waals surface area contributed by atoms with Crippen LogP contribution in [0.2, 0.25) is 0 Å². The number of nitrogens with zero attached hydrogens (tertiary/aromatic N) is 4. The van der Waals surface area contributed by atoms with E-state index >= 15 is 0 Å². The van der Waals surface area contributed by atoms with Crippen LogP contribution in [0.5, 0.6) is 0 Å². The maximum absolute atomic E-state index is 4.42. The number of hydrogen-bond donors (Lipinski definition) is 0. The van der Waals surface area contributed by atoms with Crippen molar-refractivity contribution >= 4 is 5.95 Å². The number of aromatic nitrogens is 3. The summed E-state index contributed by atoms with van der Waals surface area (Å²) in [6.07, 6.45) is 9.01. The van der Waals surface area contributed by atoms with E-state index in [1.54, 1.807) is 0 Å². The van der Waals surface area contributed by atoms with Crippen molar-refractivity contribution in [2.24, 2.45) is 5.92 Å². The van der Waals surface area contributed by atoms with Crippen LogP contribution in [-0.4, -0.2) is 28.0 Å². The van der Waals surface area contributed by atoms with Crippen molar-refractivity contribution in [3.63, 3.8) is 0 Å². The maximum atomic E-state index is 4.42. The zero-order valence-corrected chi connectivity index (χ0v) is 10.9. The van der Waals surface area contributed by atoms with Crippen molar-refractivity contribution in [2.45, 2.75) is 19.3 Å². The summed E-state index contributed by atoms with van der Waals surface area (Å²) in [6, 6.07) is 7.99. The predicted molar refractivity (Wildman–Crippen MR) is 74.9 cm³/mol. The average molecular weight is 254 g/mol. The van der Waals surface area contributed by atoms with Crippen LogP contribution in [0.3, 0.4) is 0 Å². The molecule has 3 heterocycles. The second kappa shape index (κ2) is 5.78. The summed E-state index contributed by atoms with van der Waals surface area (Å²) in [7, 11) is 0. The minimum absolute atomic E-state index is 0.646. The van der Waals surface area contributed by atoms with Crippen molar-refractivity contribution in [2.75, 3.05) is 18.0 Å². The highest BCUT2D eigenvalue weighted by atomic mass is 15.2. The molecule has 0 aliphatic carbocycles. The molecular weight excluding hydrogens is 236 g/mol. The molecule has 98 valence electrons. The molecule has 4 heteroatoms. The number of hydrogen-bond acceptors (Lipinski definition) is 4. The lowest BCUT2D eigenvalue weighted by Gasteiger charge is -2.32. The van der Waals surface area contributed by atoms with Gasteiger partial charge in [0.2, 0.25) is 5.95 Å². The van der Waals surface area contributed by atoms with Crippen molar-refractivity contribution in [1.29, 1.82) is 0 Å². The maximum Gasteiger partial charge on any atom is 0.225 e. The Morgan fingerprint density at radius 1 is 1.05 bits per heavy atom. The van der Waals surface area contributed by atoms with E-state index in [1.165, 1.54) is 18.5 Å². The molecule has 0 N–H and O–H groups in total. The van der Waals surface area contributed by atoms with Crippen LogP contribution in [-0.2, 0) is 6.42 Å². The van der Waals surface area contributed by atoms with Crippen molar-refractivity contribution in [3.05, 3.63) is 48.5 Å². The first-order valence-corrected chi connectivity index (χ1v) is 6.84. The largest absolute Gasteiger partial charge is 0.341 e. The Kier molecular flexibility index (Phi) is 3.68. The Balaban J connectivity index is 1.65. The van der Waals surface area contributed by atoms with Gasteiger partial charge in [0, 0.05) is 37.4 Å². The molecule has 0 amide bonds. The van der Waals surface area contributed by atoms with Crippen molar-refractivity contribution < 1.29 is 0 Å². The monoisotopic (exact) mass is 254 g/mol. The third-order valence-electron chi connectivity index (χ3n) is 3.58. The first kappa shape index (κ1) is 12.1. The normalized spacial score (nSPS) is 19.4. The van der Waals surface area contributed by atoms with Gasteiger partial charge < -0.3 is 4.90 Å². The van der Waals surface area contributed by atoms with E-state index in [2.05, 4.69) is 32.0 Å². The predicted octanol–water partition coefficient (Wildman–Crippen LogP) is 2.33. The van der Waals surface area contributed by atoms with Crippen LogP contribution >= 0.6 is 0 Å². The van der Waals surface area contributed by atoms with Gasteiger partial charge in [0.1, 0.15) is 0 Å². The lowest BCUT2D eigenvalue weighted by Crippen LogP contribution is -2.37. The second-order valence-electron chi connectivity index (χ2n) is 5.03. The van der Waals surface area contributed by atoms with Crippen molar-refractivity contribution in [3.8, 4) is 0 Å². The van der Waals surface area contributed by atoms with Gasteiger partial charge in [0.05, 0.1) is 0 Å². The molecule has 0 spiro atoms. The molecule has 0 saturated carbocycles. The molecule has 1 fully saturated rings. The van der Waals surface area contributed by atoms with Gasteiger partial charge in [0.25, 0.3) is 0 Å². The van der Waals surface area contributed by atoms with Gasteiger partial charge in [-0.25, -0.2) is 9.97 Å².